The van der Waals surface area contributed by atoms with Crippen molar-refractivity contribution in [2.45, 2.75) is 57.5 Å². The highest BCUT2D eigenvalue weighted by atomic mass is 16.6. The fraction of sp³-hybridized carbons (Fsp3) is 0.475. The molecule has 3 amide bonds. The molecule has 1 fully saturated rings. The Balaban J connectivity index is 0.916. The Morgan fingerprint density at radius 3 is 2.44 bits per heavy atom. The number of carbonyl (C=O) groups is 3. The average molecular weight is 683 g/mol. The van der Waals surface area contributed by atoms with Crippen LogP contribution >= 0.6 is 0 Å². The number of nitrogens with one attached hydrogen (secondary N) is 3. The van der Waals surface area contributed by atoms with E-state index in [9.17, 15) is 14.4 Å². The van der Waals surface area contributed by atoms with Gasteiger partial charge < -0.3 is 30.1 Å². The molecule has 1 saturated heterocycles. The summed E-state index contributed by atoms with van der Waals surface area (Å²) in [5.41, 5.74) is 5.74. The average Bonchev–Trinajstić information content (AvgIpc) is 3.14. The molecule has 2 aliphatic heterocycles. The molecular formula is C40H54N6O4. The summed E-state index contributed by atoms with van der Waals surface area (Å²) in [5.74, 6) is 0.324. The molecule has 2 aliphatic rings. The first-order chi connectivity index (χ1) is 24.4. The van der Waals surface area contributed by atoms with Gasteiger partial charge in [-0.25, -0.2) is 4.79 Å². The number of benzene rings is 3. The van der Waals surface area contributed by atoms with Crippen molar-refractivity contribution in [2.24, 2.45) is 0 Å². The molecule has 268 valence electrons. The maximum atomic E-state index is 12.8. The molecule has 5 rings (SSSR count). The molecule has 3 N–H and O–H groups in total. The first kappa shape index (κ1) is 36.9. The second-order valence-electron chi connectivity index (χ2n) is 13.4. The standard InChI is InChI=1S/C40H54N6O4/c1-41-22-11-24-46-27-19-32-30-33(17-18-36(32)39(46)48)42-23-10-4-7-16-38(47)44(2)28-29-45-25-20-34(21-26-45)50-40(49)43-37-15-9-8-14-35(37)31-12-5-3-6-13-31/h3,5-6,8-9,12-15,17-18,30,34,41-42H,4,7,10-11,16,19-29H2,1-2H3,(H,43,49). The fourth-order valence-corrected chi connectivity index (χ4v) is 6.73. The Morgan fingerprint density at radius 2 is 1.64 bits per heavy atom. The third kappa shape index (κ3) is 10.8. The number of hydrogen-bond acceptors (Lipinski definition) is 7. The summed E-state index contributed by atoms with van der Waals surface area (Å²) < 4.78 is 5.78. The van der Waals surface area contributed by atoms with E-state index in [1.54, 1.807) is 0 Å². The molecule has 0 saturated carbocycles. The first-order valence-corrected chi connectivity index (χ1v) is 18.3. The van der Waals surface area contributed by atoms with Crippen LogP contribution in [0, 0.1) is 0 Å². The third-order valence-electron chi connectivity index (χ3n) is 9.76. The molecule has 3 aromatic carbocycles. The number of anilines is 2. The van der Waals surface area contributed by atoms with Crippen molar-refractivity contribution in [1.82, 2.24) is 20.0 Å². The number of piperidine rings is 1. The van der Waals surface area contributed by atoms with E-state index in [0.29, 0.717) is 13.0 Å². The molecule has 10 nitrogen and oxygen atoms in total. The quantitative estimate of drug-likeness (QED) is 0.148. The lowest BCUT2D eigenvalue weighted by atomic mass is 9.98. The van der Waals surface area contributed by atoms with E-state index in [1.165, 1.54) is 0 Å². The summed E-state index contributed by atoms with van der Waals surface area (Å²) in [6, 6.07) is 23.8. The second-order valence-corrected chi connectivity index (χ2v) is 13.4. The number of unbranched alkanes of at least 4 members (excludes halogenated alkanes) is 2. The van der Waals surface area contributed by atoms with Crippen molar-refractivity contribution in [3.8, 4) is 11.1 Å². The molecule has 2 heterocycles. The van der Waals surface area contributed by atoms with Gasteiger partial charge in [-0.1, -0.05) is 55.0 Å². The molecule has 0 aliphatic carbocycles. The number of likely N-dealkylation sites (N-methyl/N-ethyl adjacent to an activating group) is 1. The van der Waals surface area contributed by atoms with Gasteiger partial charge in [-0.3, -0.25) is 14.9 Å². The number of likely N-dealkylation sites (tertiary alicyclic amines) is 1. The Morgan fingerprint density at radius 1 is 0.860 bits per heavy atom. The van der Waals surface area contributed by atoms with Crippen LogP contribution in [-0.4, -0.2) is 105 Å². The molecule has 0 unspecified atom stereocenters. The van der Waals surface area contributed by atoms with Crippen LogP contribution in [0.1, 0.15) is 60.9 Å². The monoisotopic (exact) mass is 682 g/mol. The maximum Gasteiger partial charge on any atom is 0.411 e. The molecular weight excluding hydrogens is 628 g/mol. The number of nitrogens with zero attached hydrogens (tertiary/aromatic N) is 3. The van der Waals surface area contributed by atoms with Crippen LogP contribution in [0.15, 0.2) is 72.8 Å². The van der Waals surface area contributed by atoms with Crippen LogP contribution in [0.3, 0.4) is 0 Å². The summed E-state index contributed by atoms with van der Waals surface area (Å²) >= 11 is 0. The van der Waals surface area contributed by atoms with Gasteiger partial charge in [0.2, 0.25) is 5.91 Å². The van der Waals surface area contributed by atoms with Gasteiger partial charge >= 0.3 is 6.09 Å². The van der Waals surface area contributed by atoms with Crippen molar-refractivity contribution >= 4 is 29.3 Å². The minimum absolute atomic E-state index is 0.121. The molecule has 3 aromatic rings. The van der Waals surface area contributed by atoms with E-state index in [4.69, 9.17) is 4.74 Å². The maximum absolute atomic E-state index is 12.8. The topological polar surface area (TPSA) is 106 Å². The van der Waals surface area contributed by atoms with Crippen molar-refractivity contribution in [1.29, 1.82) is 0 Å². The van der Waals surface area contributed by atoms with Gasteiger partial charge in [-0.05, 0) is 87.5 Å². The van der Waals surface area contributed by atoms with Crippen molar-refractivity contribution < 1.29 is 19.1 Å². The van der Waals surface area contributed by atoms with E-state index in [1.807, 2.05) is 90.6 Å². The smallest absolute Gasteiger partial charge is 0.411 e. The number of rotatable bonds is 17. The zero-order chi connectivity index (χ0) is 35.1. The van der Waals surface area contributed by atoms with Crippen LogP contribution in [0.5, 0.6) is 0 Å². The number of hydrogen-bond donors (Lipinski definition) is 3. The minimum atomic E-state index is -0.424. The fourth-order valence-electron chi connectivity index (χ4n) is 6.73. The Labute approximate surface area is 297 Å². The Kier molecular flexibility index (Phi) is 14.1. The van der Waals surface area contributed by atoms with E-state index >= 15 is 0 Å². The van der Waals surface area contributed by atoms with Gasteiger partial charge in [0.05, 0.1) is 5.69 Å². The number of para-hydroxylation sites is 1. The van der Waals surface area contributed by atoms with Crippen molar-refractivity contribution in [3.63, 3.8) is 0 Å². The molecule has 0 atom stereocenters. The van der Waals surface area contributed by atoms with Gasteiger partial charge in [0.25, 0.3) is 5.91 Å². The summed E-state index contributed by atoms with van der Waals surface area (Å²) in [7, 11) is 3.82. The van der Waals surface area contributed by atoms with Gasteiger partial charge in [-0.15, -0.1) is 0 Å². The number of carbonyl (C=O) groups excluding carboxylic acids is 3. The zero-order valence-electron chi connectivity index (χ0n) is 29.8. The molecule has 0 bridgehead atoms. The van der Waals surface area contributed by atoms with Crippen molar-refractivity contribution in [2.75, 3.05) is 77.1 Å². The largest absolute Gasteiger partial charge is 0.446 e. The minimum Gasteiger partial charge on any atom is -0.446 e. The summed E-state index contributed by atoms with van der Waals surface area (Å²) in [6.07, 6.45) is 6.26. The highest BCUT2D eigenvalue weighted by Gasteiger charge is 2.25. The van der Waals surface area contributed by atoms with Gasteiger partial charge in [-0.2, -0.15) is 0 Å². The summed E-state index contributed by atoms with van der Waals surface area (Å²) in [4.78, 5) is 44.5. The van der Waals surface area contributed by atoms with Crippen LogP contribution in [0.2, 0.25) is 0 Å². The molecule has 10 heteroatoms. The lowest BCUT2D eigenvalue weighted by Crippen LogP contribution is -2.42. The van der Waals surface area contributed by atoms with Crippen LogP contribution in [0.25, 0.3) is 11.1 Å². The number of amides is 3. The SMILES string of the molecule is CNCCCN1CCc2cc(NCCCCCC(=O)N(C)CCN3CCC(OC(=O)Nc4ccccc4-c4ccccc4)CC3)ccc2C1=O. The van der Waals surface area contributed by atoms with Crippen molar-refractivity contribution in [3.05, 3.63) is 83.9 Å². The number of ether oxygens (including phenoxy) is 1. The highest BCUT2D eigenvalue weighted by molar-refractivity contribution is 5.97. The predicted molar refractivity (Wildman–Crippen MR) is 201 cm³/mol. The highest BCUT2D eigenvalue weighted by Crippen LogP contribution is 2.28. The lowest BCUT2D eigenvalue weighted by Gasteiger charge is -2.32. The zero-order valence-corrected chi connectivity index (χ0v) is 29.8. The molecule has 0 radical (unpaired) electrons. The lowest BCUT2D eigenvalue weighted by molar-refractivity contribution is -0.130. The Hall–Kier alpha value is -4.41. The van der Waals surface area contributed by atoms with Gasteiger partial charge in [0.1, 0.15) is 6.10 Å². The first-order valence-electron chi connectivity index (χ1n) is 18.3. The normalized spacial score (nSPS) is 15.0. The number of fused-ring (bicyclic) bond motifs is 1. The van der Waals surface area contributed by atoms with Gasteiger partial charge in [0, 0.05) is 76.1 Å². The second kappa shape index (κ2) is 19.1. The Bertz CT molecular complexity index is 1540. The molecule has 50 heavy (non-hydrogen) atoms. The van der Waals surface area contributed by atoms with E-state index in [-0.39, 0.29) is 17.9 Å². The third-order valence-corrected chi connectivity index (χ3v) is 9.76. The van der Waals surface area contributed by atoms with Crippen LogP contribution in [-0.2, 0) is 16.0 Å². The molecule has 0 aromatic heterocycles. The van der Waals surface area contributed by atoms with E-state index < -0.39 is 6.09 Å². The summed E-state index contributed by atoms with van der Waals surface area (Å²) in [5, 5.41) is 9.58. The van der Waals surface area contributed by atoms with Gasteiger partial charge in [0.15, 0.2) is 0 Å². The predicted octanol–water partition coefficient (Wildman–Crippen LogP) is 6.11. The molecule has 0 spiro atoms. The van der Waals surface area contributed by atoms with Crippen LogP contribution < -0.4 is 16.0 Å². The van der Waals surface area contributed by atoms with E-state index in [0.717, 1.165) is 124 Å². The van der Waals surface area contributed by atoms with Crippen LogP contribution in [0.4, 0.5) is 16.2 Å². The summed E-state index contributed by atoms with van der Waals surface area (Å²) in [6.45, 7) is 6.51. The van der Waals surface area contributed by atoms with E-state index in [2.05, 4.69) is 26.9 Å².